The van der Waals surface area contributed by atoms with Gasteiger partial charge in [0.05, 0.1) is 19.3 Å². The fourth-order valence-corrected chi connectivity index (χ4v) is 1.27. The molecule has 0 heterocycles. The van der Waals surface area contributed by atoms with Crippen LogP contribution in [0.4, 0.5) is 0 Å². The van der Waals surface area contributed by atoms with Gasteiger partial charge in [-0.1, -0.05) is 0 Å². The summed E-state index contributed by atoms with van der Waals surface area (Å²) in [7, 11) is 0. The first kappa shape index (κ1) is 19.1. The molecule has 20 heavy (non-hydrogen) atoms. The molecule has 1 amide bonds. The summed E-state index contributed by atoms with van der Waals surface area (Å²) in [6.07, 6.45) is -11.3. The first-order valence-electron chi connectivity index (χ1n) is 5.84. The summed E-state index contributed by atoms with van der Waals surface area (Å²) in [6.45, 7) is -1.91. The zero-order valence-corrected chi connectivity index (χ0v) is 10.6. The Balaban J connectivity index is 4.44. The van der Waals surface area contributed by atoms with Gasteiger partial charge >= 0.3 is 0 Å². The quantitative estimate of drug-likeness (QED) is 0.199. The minimum Gasteiger partial charge on any atom is -0.394 e. The third kappa shape index (κ3) is 5.64. The van der Waals surface area contributed by atoms with Gasteiger partial charge in [0, 0.05) is 6.54 Å². The van der Waals surface area contributed by atoms with E-state index in [4.69, 9.17) is 20.4 Å². The predicted molar refractivity (Wildman–Crippen MR) is 63.2 cm³/mol. The lowest BCUT2D eigenvalue weighted by Gasteiger charge is -2.28. The zero-order valence-electron chi connectivity index (χ0n) is 10.6. The van der Waals surface area contributed by atoms with Crippen molar-refractivity contribution < 1.29 is 45.6 Å². The SMILES string of the molecule is O=C(NCC(O)CO)[C@H](O)[C@@H](O)[C@H](O)[C@H](O)C(O)CO. The number of aliphatic hydroxyl groups is 8. The van der Waals surface area contributed by atoms with Crippen molar-refractivity contribution in [3.8, 4) is 0 Å². The minimum atomic E-state index is -2.14. The van der Waals surface area contributed by atoms with Gasteiger partial charge in [0.2, 0.25) is 0 Å². The summed E-state index contributed by atoms with van der Waals surface area (Å²) in [5, 5.41) is 74.7. The van der Waals surface area contributed by atoms with Crippen molar-refractivity contribution >= 4 is 5.91 Å². The molecule has 6 atom stereocenters. The summed E-state index contributed by atoms with van der Waals surface area (Å²) < 4.78 is 0. The van der Waals surface area contributed by atoms with Crippen molar-refractivity contribution in [2.75, 3.05) is 19.8 Å². The van der Waals surface area contributed by atoms with Crippen molar-refractivity contribution in [2.45, 2.75) is 36.6 Å². The first-order chi connectivity index (χ1) is 9.26. The molecule has 2 unspecified atom stereocenters. The molecule has 0 saturated carbocycles. The van der Waals surface area contributed by atoms with E-state index in [0.717, 1.165) is 0 Å². The molecule has 0 aliphatic heterocycles. The Kier molecular flexibility index (Phi) is 8.76. The summed E-state index contributed by atoms with van der Waals surface area (Å²) in [5.41, 5.74) is 0. The van der Waals surface area contributed by atoms with Crippen LogP contribution in [-0.2, 0) is 4.79 Å². The van der Waals surface area contributed by atoms with Gasteiger partial charge in [0.25, 0.3) is 5.91 Å². The van der Waals surface area contributed by atoms with E-state index in [1.54, 1.807) is 0 Å². The van der Waals surface area contributed by atoms with Gasteiger partial charge in [-0.05, 0) is 0 Å². The highest BCUT2D eigenvalue weighted by molar-refractivity contribution is 5.81. The lowest BCUT2D eigenvalue weighted by Crippen LogP contribution is -2.54. The monoisotopic (exact) mass is 299 g/mol. The van der Waals surface area contributed by atoms with E-state index < -0.39 is 62.3 Å². The lowest BCUT2D eigenvalue weighted by atomic mass is 9.99. The number of nitrogens with one attached hydrogen (secondary N) is 1. The highest BCUT2D eigenvalue weighted by atomic mass is 16.4. The molecule has 10 heteroatoms. The second-order valence-electron chi connectivity index (χ2n) is 4.25. The molecule has 0 aliphatic rings. The molecule has 10 nitrogen and oxygen atoms in total. The van der Waals surface area contributed by atoms with Gasteiger partial charge < -0.3 is 46.2 Å². The Labute approximate surface area is 114 Å². The molecular formula is C10H21NO9. The number of hydrogen-bond acceptors (Lipinski definition) is 9. The topological polar surface area (TPSA) is 191 Å². The van der Waals surface area contributed by atoms with Gasteiger partial charge in [0.15, 0.2) is 6.10 Å². The summed E-state index contributed by atoms with van der Waals surface area (Å²) in [4.78, 5) is 11.4. The molecule has 9 N–H and O–H groups in total. The van der Waals surface area contributed by atoms with Crippen LogP contribution in [0, 0.1) is 0 Å². The molecule has 0 rings (SSSR count). The van der Waals surface area contributed by atoms with E-state index in [9.17, 15) is 25.2 Å². The molecule has 0 fully saturated rings. The fourth-order valence-electron chi connectivity index (χ4n) is 1.27. The molecule has 120 valence electrons. The molecule has 0 aromatic rings. The van der Waals surface area contributed by atoms with E-state index in [0.29, 0.717) is 0 Å². The standard InChI is InChI=1S/C10H21NO9/c12-2-4(14)1-11-10(20)9(19)8(18)7(17)6(16)5(15)3-13/h4-9,12-19H,1-3H2,(H,11,20)/t4?,5?,6-,7-,8+,9-/m1/s1. The van der Waals surface area contributed by atoms with Gasteiger partial charge in [-0.25, -0.2) is 0 Å². The number of rotatable bonds is 9. The van der Waals surface area contributed by atoms with Crippen LogP contribution in [0.15, 0.2) is 0 Å². The summed E-state index contributed by atoms with van der Waals surface area (Å²) in [6, 6.07) is 0. The minimum absolute atomic E-state index is 0.392. The van der Waals surface area contributed by atoms with Crippen molar-refractivity contribution in [3.05, 3.63) is 0 Å². The Hall–Kier alpha value is -0.850. The average Bonchev–Trinajstić information content (AvgIpc) is 2.47. The first-order valence-corrected chi connectivity index (χ1v) is 5.84. The zero-order chi connectivity index (χ0) is 15.9. The van der Waals surface area contributed by atoms with Crippen LogP contribution in [0.5, 0.6) is 0 Å². The summed E-state index contributed by atoms with van der Waals surface area (Å²) in [5.74, 6) is -1.16. The van der Waals surface area contributed by atoms with E-state index in [2.05, 4.69) is 0 Å². The molecule has 0 spiro atoms. The third-order valence-corrected chi connectivity index (χ3v) is 2.60. The summed E-state index contributed by atoms with van der Waals surface area (Å²) >= 11 is 0. The van der Waals surface area contributed by atoms with Gasteiger partial charge in [-0.3, -0.25) is 4.79 Å². The second-order valence-corrected chi connectivity index (χ2v) is 4.25. The normalized spacial score (nSPS) is 20.6. The van der Waals surface area contributed by atoms with Gasteiger partial charge in [-0.15, -0.1) is 0 Å². The predicted octanol–water partition coefficient (Wildman–Crippen LogP) is -5.75. The van der Waals surface area contributed by atoms with Crippen molar-refractivity contribution in [1.82, 2.24) is 5.32 Å². The maximum absolute atomic E-state index is 11.4. The Morgan fingerprint density at radius 1 is 0.850 bits per heavy atom. The van der Waals surface area contributed by atoms with E-state index in [-0.39, 0.29) is 0 Å². The van der Waals surface area contributed by atoms with Gasteiger partial charge in [-0.2, -0.15) is 0 Å². The number of hydrogen-bond donors (Lipinski definition) is 9. The highest BCUT2D eigenvalue weighted by Crippen LogP contribution is 2.08. The average molecular weight is 299 g/mol. The highest BCUT2D eigenvalue weighted by Gasteiger charge is 2.37. The molecule has 0 aromatic carbocycles. The number of amides is 1. The second kappa shape index (κ2) is 9.15. The smallest absolute Gasteiger partial charge is 0.251 e. The molecule has 0 aliphatic carbocycles. The van der Waals surface area contributed by atoms with E-state index in [1.165, 1.54) is 0 Å². The molecule has 0 saturated heterocycles. The largest absolute Gasteiger partial charge is 0.394 e. The van der Waals surface area contributed by atoms with Gasteiger partial charge in [0.1, 0.15) is 24.4 Å². The van der Waals surface area contributed by atoms with Crippen LogP contribution in [-0.4, -0.2) is 103 Å². The number of aliphatic hydroxyl groups excluding tert-OH is 8. The van der Waals surface area contributed by atoms with E-state index in [1.807, 2.05) is 5.32 Å². The van der Waals surface area contributed by atoms with Crippen molar-refractivity contribution in [1.29, 1.82) is 0 Å². The molecule has 0 bridgehead atoms. The maximum Gasteiger partial charge on any atom is 0.251 e. The third-order valence-electron chi connectivity index (χ3n) is 2.60. The van der Waals surface area contributed by atoms with Crippen LogP contribution >= 0.6 is 0 Å². The molecule has 0 radical (unpaired) electrons. The van der Waals surface area contributed by atoms with Crippen molar-refractivity contribution in [2.24, 2.45) is 0 Å². The lowest BCUT2D eigenvalue weighted by molar-refractivity contribution is -0.157. The number of carbonyl (C=O) groups is 1. The maximum atomic E-state index is 11.4. The Bertz CT molecular complexity index is 290. The van der Waals surface area contributed by atoms with Crippen LogP contribution in [0.1, 0.15) is 0 Å². The van der Waals surface area contributed by atoms with E-state index >= 15 is 0 Å². The van der Waals surface area contributed by atoms with Crippen LogP contribution < -0.4 is 5.32 Å². The Morgan fingerprint density at radius 3 is 1.85 bits per heavy atom. The van der Waals surface area contributed by atoms with Crippen LogP contribution in [0.25, 0.3) is 0 Å². The molecular weight excluding hydrogens is 278 g/mol. The number of carbonyl (C=O) groups excluding carboxylic acids is 1. The fraction of sp³-hybridized carbons (Fsp3) is 0.900. The van der Waals surface area contributed by atoms with Crippen LogP contribution in [0.2, 0.25) is 0 Å². The Morgan fingerprint density at radius 2 is 1.40 bits per heavy atom. The van der Waals surface area contributed by atoms with Crippen molar-refractivity contribution in [3.63, 3.8) is 0 Å². The molecule has 0 aromatic heterocycles. The van der Waals surface area contributed by atoms with Crippen LogP contribution in [0.3, 0.4) is 0 Å².